The van der Waals surface area contributed by atoms with Gasteiger partial charge in [0.2, 0.25) is 0 Å². The number of benzene rings is 2. The van der Waals surface area contributed by atoms with E-state index in [1.54, 1.807) is 43.3 Å². The first kappa shape index (κ1) is 15.7. The van der Waals surface area contributed by atoms with Crippen molar-refractivity contribution in [3.05, 3.63) is 65.2 Å². The molecule has 0 radical (unpaired) electrons. The second-order valence-corrected chi connectivity index (χ2v) is 4.66. The molecule has 0 spiro atoms. The number of esters is 1. The fourth-order valence-electron chi connectivity index (χ4n) is 1.93. The highest BCUT2D eigenvalue weighted by Crippen LogP contribution is 2.14. The van der Waals surface area contributed by atoms with Crippen molar-refractivity contribution in [1.82, 2.24) is 0 Å². The fraction of sp³-hybridized carbons (Fsp3) is 0.176. The largest absolute Gasteiger partial charge is 0.462 e. The van der Waals surface area contributed by atoms with Crippen molar-refractivity contribution in [3.63, 3.8) is 0 Å². The molecule has 0 saturated heterocycles. The summed E-state index contributed by atoms with van der Waals surface area (Å²) in [5, 5.41) is 2.76. The zero-order chi connectivity index (χ0) is 15.9. The minimum Gasteiger partial charge on any atom is -0.462 e. The minimum atomic E-state index is -0.411. The van der Waals surface area contributed by atoms with Crippen molar-refractivity contribution in [2.45, 2.75) is 13.5 Å². The van der Waals surface area contributed by atoms with Crippen LogP contribution in [0.25, 0.3) is 0 Å². The Morgan fingerprint density at radius 1 is 1.09 bits per heavy atom. The summed E-state index contributed by atoms with van der Waals surface area (Å²) in [6.07, 6.45) is 0. The highest BCUT2D eigenvalue weighted by Gasteiger charge is 2.09. The van der Waals surface area contributed by atoms with E-state index in [0.717, 1.165) is 5.56 Å². The molecule has 0 aliphatic rings. The minimum absolute atomic E-state index is 0.246. The smallest absolute Gasteiger partial charge is 0.338 e. The lowest BCUT2D eigenvalue weighted by Crippen LogP contribution is -2.13. The lowest BCUT2D eigenvalue weighted by molar-refractivity contribution is 0.0526. The number of rotatable bonds is 5. The van der Waals surface area contributed by atoms with Gasteiger partial charge in [0.05, 0.1) is 12.2 Å². The maximum Gasteiger partial charge on any atom is 0.338 e. The summed E-state index contributed by atoms with van der Waals surface area (Å²) in [5.74, 6) is -0.657. The van der Waals surface area contributed by atoms with Crippen LogP contribution in [0.15, 0.2) is 48.5 Å². The molecule has 2 aromatic carbocycles. The maximum absolute atomic E-state index is 12.2. The van der Waals surface area contributed by atoms with Gasteiger partial charge >= 0.3 is 5.97 Å². The Hall–Kier alpha value is -2.66. The summed E-state index contributed by atoms with van der Waals surface area (Å²) in [6.45, 7) is 2.49. The Kier molecular flexibility index (Phi) is 5.27. The normalized spacial score (nSPS) is 10.1. The predicted molar refractivity (Wildman–Crippen MR) is 84.7 cm³/mol. The highest BCUT2D eigenvalue weighted by molar-refractivity contribution is 6.04. The second kappa shape index (κ2) is 7.38. The first-order chi connectivity index (χ1) is 10.6. The Labute approximate surface area is 129 Å². The zero-order valence-electron chi connectivity index (χ0n) is 12.3. The second-order valence-electron chi connectivity index (χ2n) is 4.66. The number of nitrogens with two attached hydrogens (primary N) is 1. The van der Waals surface area contributed by atoms with Crippen LogP contribution in [0.4, 0.5) is 5.69 Å². The molecular weight excluding hydrogens is 280 g/mol. The highest BCUT2D eigenvalue weighted by atomic mass is 16.5. The number of anilines is 1. The predicted octanol–water partition coefficient (Wildman–Crippen LogP) is 2.57. The summed E-state index contributed by atoms with van der Waals surface area (Å²) in [4.78, 5) is 23.8. The Morgan fingerprint density at radius 2 is 1.82 bits per heavy atom. The third-order valence-electron chi connectivity index (χ3n) is 3.08. The van der Waals surface area contributed by atoms with E-state index in [1.807, 2.05) is 12.1 Å². The molecule has 22 heavy (non-hydrogen) atoms. The molecule has 0 aliphatic heterocycles. The van der Waals surface area contributed by atoms with Crippen LogP contribution in [0, 0.1) is 0 Å². The Bertz CT molecular complexity index is 666. The topological polar surface area (TPSA) is 81.4 Å². The number of ether oxygens (including phenoxy) is 1. The summed E-state index contributed by atoms with van der Waals surface area (Å²) in [7, 11) is 0. The van der Waals surface area contributed by atoms with E-state index in [-0.39, 0.29) is 5.91 Å². The third-order valence-corrected chi connectivity index (χ3v) is 3.08. The first-order valence-electron chi connectivity index (χ1n) is 7.01. The van der Waals surface area contributed by atoms with Crippen LogP contribution in [0.3, 0.4) is 0 Å². The van der Waals surface area contributed by atoms with Gasteiger partial charge < -0.3 is 15.8 Å². The summed E-state index contributed by atoms with van der Waals surface area (Å²) in [6, 6.07) is 13.7. The van der Waals surface area contributed by atoms with Crippen LogP contribution in [0.1, 0.15) is 33.2 Å². The van der Waals surface area contributed by atoms with Crippen molar-refractivity contribution in [2.75, 3.05) is 11.9 Å². The van der Waals surface area contributed by atoms with E-state index >= 15 is 0 Å². The van der Waals surface area contributed by atoms with E-state index in [4.69, 9.17) is 10.5 Å². The molecule has 0 atom stereocenters. The van der Waals surface area contributed by atoms with Gasteiger partial charge in [0.25, 0.3) is 5.91 Å². The summed E-state index contributed by atoms with van der Waals surface area (Å²) in [5.41, 5.74) is 7.95. The maximum atomic E-state index is 12.2. The quantitative estimate of drug-likeness (QED) is 0.831. The lowest BCUT2D eigenvalue weighted by atomic mass is 10.1. The van der Waals surface area contributed by atoms with Crippen LogP contribution in [0.5, 0.6) is 0 Å². The molecule has 0 heterocycles. The van der Waals surface area contributed by atoms with Gasteiger partial charge in [-0.15, -0.1) is 0 Å². The van der Waals surface area contributed by atoms with Crippen LogP contribution < -0.4 is 11.1 Å². The van der Waals surface area contributed by atoms with E-state index < -0.39 is 5.97 Å². The molecule has 0 aromatic heterocycles. The van der Waals surface area contributed by atoms with E-state index in [0.29, 0.717) is 30.0 Å². The summed E-state index contributed by atoms with van der Waals surface area (Å²) >= 11 is 0. The molecule has 0 unspecified atom stereocenters. The molecule has 2 rings (SSSR count). The van der Waals surface area contributed by atoms with Gasteiger partial charge in [-0.25, -0.2) is 4.79 Å². The standard InChI is InChI=1S/C17H18N2O3/c1-2-22-17(21)14-4-3-5-15(10-14)19-16(20)13-8-6-12(11-18)7-9-13/h3-10H,2,11,18H2,1H3,(H,19,20). The summed E-state index contributed by atoms with van der Waals surface area (Å²) < 4.78 is 4.93. The molecule has 0 saturated carbocycles. The third kappa shape index (κ3) is 3.93. The van der Waals surface area contributed by atoms with Crippen molar-refractivity contribution < 1.29 is 14.3 Å². The molecule has 1 amide bonds. The van der Waals surface area contributed by atoms with Crippen molar-refractivity contribution in [1.29, 1.82) is 0 Å². The van der Waals surface area contributed by atoms with Gasteiger partial charge in [0, 0.05) is 17.8 Å². The SMILES string of the molecule is CCOC(=O)c1cccc(NC(=O)c2ccc(CN)cc2)c1. The van der Waals surface area contributed by atoms with Gasteiger partial charge in [0.1, 0.15) is 0 Å². The molecule has 5 nitrogen and oxygen atoms in total. The van der Waals surface area contributed by atoms with Crippen molar-refractivity contribution in [3.8, 4) is 0 Å². The molecule has 2 aromatic rings. The van der Waals surface area contributed by atoms with Crippen molar-refractivity contribution >= 4 is 17.6 Å². The van der Waals surface area contributed by atoms with Crippen LogP contribution in [-0.4, -0.2) is 18.5 Å². The van der Waals surface area contributed by atoms with Crippen LogP contribution in [-0.2, 0) is 11.3 Å². The van der Waals surface area contributed by atoms with Gasteiger partial charge in [-0.2, -0.15) is 0 Å². The Balaban J connectivity index is 2.10. The number of carbonyl (C=O) groups excluding carboxylic acids is 2. The van der Waals surface area contributed by atoms with E-state index in [1.165, 1.54) is 0 Å². The van der Waals surface area contributed by atoms with Gasteiger partial charge in [-0.3, -0.25) is 4.79 Å². The number of nitrogens with one attached hydrogen (secondary N) is 1. The average molecular weight is 298 g/mol. The van der Waals surface area contributed by atoms with E-state index in [2.05, 4.69) is 5.32 Å². The number of hydrogen-bond donors (Lipinski definition) is 2. The Morgan fingerprint density at radius 3 is 2.45 bits per heavy atom. The average Bonchev–Trinajstić information content (AvgIpc) is 2.55. The molecule has 3 N–H and O–H groups in total. The number of carbonyl (C=O) groups is 2. The monoisotopic (exact) mass is 298 g/mol. The van der Waals surface area contributed by atoms with Crippen LogP contribution >= 0.6 is 0 Å². The zero-order valence-corrected chi connectivity index (χ0v) is 12.3. The van der Waals surface area contributed by atoms with E-state index in [9.17, 15) is 9.59 Å². The first-order valence-corrected chi connectivity index (χ1v) is 7.01. The van der Waals surface area contributed by atoms with Crippen LogP contribution in [0.2, 0.25) is 0 Å². The molecule has 0 fully saturated rings. The molecular formula is C17H18N2O3. The number of hydrogen-bond acceptors (Lipinski definition) is 4. The molecule has 5 heteroatoms. The molecule has 0 bridgehead atoms. The van der Waals surface area contributed by atoms with Gasteiger partial charge in [0.15, 0.2) is 0 Å². The van der Waals surface area contributed by atoms with Gasteiger partial charge in [-0.1, -0.05) is 18.2 Å². The number of amides is 1. The fourth-order valence-corrected chi connectivity index (χ4v) is 1.93. The van der Waals surface area contributed by atoms with Crippen molar-refractivity contribution in [2.24, 2.45) is 5.73 Å². The molecule has 114 valence electrons. The molecule has 0 aliphatic carbocycles. The van der Waals surface area contributed by atoms with Gasteiger partial charge in [-0.05, 0) is 42.8 Å². The lowest BCUT2D eigenvalue weighted by Gasteiger charge is -2.08.